The number of fused-ring (bicyclic) bond motifs is 2. The second kappa shape index (κ2) is 3.56. The molecule has 2 aliphatic heterocycles. The number of nitrogen functional groups attached to an aromatic ring is 2. The van der Waals surface area contributed by atoms with Gasteiger partial charge < -0.3 is 21.5 Å². The molecule has 3 unspecified atom stereocenters. The Balaban J connectivity index is 1.72. The second-order valence-corrected chi connectivity index (χ2v) is 4.70. The van der Waals surface area contributed by atoms with Gasteiger partial charge in [-0.2, -0.15) is 0 Å². The third-order valence-electron chi connectivity index (χ3n) is 3.54. The first-order chi connectivity index (χ1) is 7.72. The number of rotatable bonds is 2. The summed E-state index contributed by atoms with van der Waals surface area (Å²) in [6.45, 7) is 0. The molecule has 1 aromatic carbocycles. The average molecular weight is 219 g/mol. The van der Waals surface area contributed by atoms with Gasteiger partial charge in [0.2, 0.25) is 0 Å². The van der Waals surface area contributed by atoms with Gasteiger partial charge in [-0.1, -0.05) is 0 Å². The van der Waals surface area contributed by atoms with Crippen LogP contribution in [0.2, 0.25) is 0 Å². The van der Waals surface area contributed by atoms with E-state index in [9.17, 15) is 0 Å². The highest BCUT2D eigenvalue weighted by Crippen LogP contribution is 2.36. The lowest BCUT2D eigenvalue weighted by atomic mass is 9.95. The third-order valence-corrected chi connectivity index (χ3v) is 3.54. The van der Waals surface area contributed by atoms with E-state index in [0.29, 0.717) is 29.6 Å². The molecular formula is C12H17N3O. The molecule has 0 spiro atoms. The van der Waals surface area contributed by atoms with E-state index in [2.05, 4.69) is 5.32 Å². The topological polar surface area (TPSA) is 73.3 Å². The van der Waals surface area contributed by atoms with Crippen molar-refractivity contribution < 1.29 is 4.74 Å². The van der Waals surface area contributed by atoms with E-state index in [0.717, 1.165) is 12.1 Å². The minimum Gasteiger partial charge on any atom is -0.397 e. The van der Waals surface area contributed by atoms with Crippen molar-refractivity contribution in [3.05, 3.63) is 18.2 Å². The van der Waals surface area contributed by atoms with E-state index in [-0.39, 0.29) is 0 Å². The molecule has 2 fully saturated rings. The van der Waals surface area contributed by atoms with Crippen LogP contribution in [0.1, 0.15) is 19.3 Å². The Morgan fingerprint density at radius 1 is 1.19 bits per heavy atom. The summed E-state index contributed by atoms with van der Waals surface area (Å²) in [5.41, 5.74) is 13.8. The highest BCUT2D eigenvalue weighted by Gasteiger charge is 2.40. The SMILES string of the molecule is Nc1ccc(NC2CC3CCC2O3)cc1N. The number of ether oxygens (including phenoxy) is 1. The molecule has 2 aliphatic rings. The van der Waals surface area contributed by atoms with Crippen LogP contribution in [0.5, 0.6) is 0 Å². The molecule has 86 valence electrons. The Hall–Kier alpha value is -1.42. The maximum atomic E-state index is 5.79. The van der Waals surface area contributed by atoms with Gasteiger partial charge in [0.1, 0.15) is 0 Å². The lowest BCUT2D eigenvalue weighted by Gasteiger charge is -2.21. The summed E-state index contributed by atoms with van der Waals surface area (Å²) in [4.78, 5) is 0. The van der Waals surface area contributed by atoms with Crippen LogP contribution in [0, 0.1) is 0 Å². The van der Waals surface area contributed by atoms with Gasteiger partial charge >= 0.3 is 0 Å². The molecule has 16 heavy (non-hydrogen) atoms. The van der Waals surface area contributed by atoms with Crippen LogP contribution < -0.4 is 16.8 Å². The molecule has 0 aliphatic carbocycles. The zero-order chi connectivity index (χ0) is 11.1. The number of hydrogen-bond acceptors (Lipinski definition) is 4. The number of anilines is 3. The summed E-state index contributed by atoms with van der Waals surface area (Å²) in [6.07, 6.45) is 4.34. The summed E-state index contributed by atoms with van der Waals surface area (Å²) in [5, 5.41) is 3.48. The molecule has 0 saturated carbocycles. The van der Waals surface area contributed by atoms with Crippen LogP contribution in [0.25, 0.3) is 0 Å². The monoisotopic (exact) mass is 219 g/mol. The molecule has 0 aromatic heterocycles. The lowest BCUT2D eigenvalue weighted by Crippen LogP contribution is -2.30. The van der Waals surface area contributed by atoms with Gasteiger partial charge in [-0.15, -0.1) is 0 Å². The van der Waals surface area contributed by atoms with Crippen molar-refractivity contribution in [3.8, 4) is 0 Å². The molecule has 5 N–H and O–H groups in total. The predicted octanol–water partition coefficient (Wildman–Crippen LogP) is 1.58. The number of nitrogens with one attached hydrogen (secondary N) is 1. The van der Waals surface area contributed by atoms with Crippen molar-refractivity contribution in [2.24, 2.45) is 0 Å². The number of nitrogens with two attached hydrogens (primary N) is 2. The highest BCUT2D eigenvalue weighted by atomic mass is 16.5. The van der Waals surface area contributed by atoms with Crippen molar-refractivity contribution in [2.45, 2.75) is 37.5 Å². The maximum absolute atomic E-state index is 5.79. The number of benzene rings is 1. The van der Waals surface area contributed by atoms with Crippen LogP contribution in [0.4, 0.5) is 17.1 Å². The van der Waals surface area contributed by atoms with Gasteiger partial charge in [-0.05, 0) is 37.5 Å². The Morgan fingerprint density at radius 3 is 2.69 bits per heavy atom. The summed E-state index contributed by atoms with van der Waals surface area (Å²) in [6, 6.07) is 6.13. The molecular weight excluding hydrogens is 202 g/mol. The molecule has 2 bridgehead atoms. The maximum Gasteiger partial charge on any atom is 0.0781 e. The van der Waals surface area contributed by atoms with E-state index < -0.39 is 0 Å². The molecule has 0 radical (unpaired) electrons. The summed E-state index contributed by atoms with van der Waals surface area (Å²) >= 11 is 0. The van der Waals surface area contributed by atoms with E-state index in [1.54, 1.807) is 0 Å². The first-order valence-electron chi connectivity index (χ1n) is 5.79. The minimum atomic E-state index is 0.378. The average Bonchev–Trinajstić information content (AvgIpc) is 2.85. The van der Waals surface area contributed by atoms with Gasteiger partial charge in [-0.25, -0.2) is 0 Å². The van der Waals surface area contributed by atoms with E-state index >= 15 is 0 Å². The fraction of sp³-hybridized carbons (Fsp3) is 0.500. The smallest absolute Gasteiger partial charge is 0.0781 e. The van der Waals surface area contributed by atoms with E-state index in [1.807, 2.05) is 18.2 Å². The van der Waals surface area contributed by atoms with Crippen molar-refractivity contribution >= 4 is 17.1 Å². The predicted molar refractivity (Wildman–Crippen MR) is 65.2 cm³/mol. The van der Waals surface area contributed by atoms with Crippen LogP contribution in [0.3, 0.4) is 0 Å². The summed E-state index contributed by atoms with van der Waals surface area (Å²) in [5.74, 6) is 0. The molecule has 3 rings (SSSR count). The Morgan fingerprint density at radius 2 is 2.06 bits per heavy atom. The van der Waals surface area contributed by atoms with Gasteiger partial charge in [0.05, 0.1) is 29.6 Å². The van der Waals surface area contributed by atoms with Gasteiger partial charge in [-0.3, -0.25) is 0 Å². The van der Waals surface area contributed by atoms with E-state index in [1.165, 1.54) is 12.8 Å². The quantitative estimate of drug-likeness (QED) is 0.660. The zero-order valence-electron chi connectivity index (χ0n) is 9.15. The standard InChI is InChI=1S/C12H17N3O/c13-9-3-1-7(5-10(9)14)15-11-6-8-2-4-12(11)16-8/h1,3,5,8,11-12,15H,2,4,6,13-14H2. The van der Waals surface area contributed by atoms with Crippen molar-refractivity contribution in [1.29, 1.82) is 0 Å². The van der Waals surface area contributed by atoms with Gasteiger partial charge in [0, 0.05) is 5.69 Å². The molecule has 4 nitrogen and oxygen atoms in total. The molecule has 2 heterocycles. The highest BCUT2D eigenvalue weighted by molar-refractivity contribution is 5.69. The molecule has 1 aromatic rings. The molecule has 4 heteroatoms. The van der Waals surface area contributed by atoms with Crippen molar-refractivity contribution in [3.63, 3.8) is 0 Å². The van der Waals surface area contributed by atoms with Crippen LogP contribution in [-0.2, 0) is 4.74 Å². The normalized spacial score (nSPS) is 31.9. The fourth-order valence-electron chi connectivity index (χ4n) is 2.67. The van der Waals surface area contributed by atoms with Gasteiger partial charge in [0.25, 0.3) is 0 Å². The molecule has 0 amide bonds. The largest absolute Gasteiger partial charge is 0.397 e. The number of hydrogen-bond donors (Lipinski definition) is 3. The first-order valence-corrected chi connectivity index (χ1v) is 5.79. The first kappa shape index (κ1) is 9.78. The Labute approximate surface area is 95.0 Å². The molecule has 2 saturated heterocycles. The Bertz CT molecular complexity index is 407. The fourth-order valence-corrected chi connectivity index (χ4v) is 2.67. The van der Waals surface area contributed by atoms with E-state index in [4.69, 9.17) is 16.2 Å². The summed E-state index contributed by atoms with van der Waals surface area (Å²) < 4.78 is 5.79. The zero-order valence-corrected chi connectivity index (χ0v) is 9.15. The second-order valence-electron chi connectivity index (χ2n) is 4.70. The van der Waals surface area contributed by atoms with Crippen LogP contribution in [0.15, 0.2) is 18.2 Å². The minimum absolute atomic E-state index is 0.378. The van der Waals surface area contributed by atoms with Crippen LogP contribution >= 0.6 is 0 Å². The molecule has 3 atom stereocenters. The Kier molecular flexibility index (Phi) is 2.17. The lowest BCUT2D eigenvalue weighted by molar-refractivity contribution is 0.102. The van der Waals surface area contributed by atoms with Crippen molar-refractivity contribution in [2.75, 3.05) is 16.8 Å². The summed E-state index contributed by atoms with van der Waals surface area (Å²) in [7, 11) is 0. The van der Waals surface area contributed by atoms with Gasteiger partial charge in [0.15, 0.2) is 0 Å². The van der Waals surface area contributed by atoms with Crippen molar-refractivity contribution in [1.82, 2.24) is 0 Å². The third kappa shape index (κ3) is 1.59. The van der Waals surface area contributed by atoms with Crippen LogP contribution in [-0.4, -0.2) is 18.2 Å².